The van der Waals surface area contributed by atoms with Crippen molar-refractivity contribution in [3.63, 3.8) is 0 Å². The third-order valence-corrected chi connectivity index (χ3v) is 18.4. The fraction of sp³-hybridized carbons (Fsp3) is 0.213. The number of benzene rings is 6. The second-order valence-electron chi connectivity index (χ2n) is 15.7. The van der Waals surface area contributed by atoms with Crippen LogP contribution in [-0.4, -0.2) is 22.8 Å². The molecule has 2 aromatic heterocycles. The molecule has 0 atom stereocenters. The molecule has 6 aromatic carbocycles. The van der Waals surface area contributed by atoms with Crippen molar-refractivity contribution in [2.45, 2.75) is 62.7 Å². The fourth-order valence-electron chi connectivity index (χ4n) is 8.39. The van der Waals surface area contributed by atoms with E-state index >= 15 is 0 Å². The van der Waals surface area contributed by atoms with E-state index in [2.05, 4.69) is 165 Å². The average Bonchev–Trinajstić information content (AvgIpc) is 3.81. The van der Waals surface area contributed by atoms with Crippen LogP contribution in [0.2, 0.25) is 16.8 Å². The molecule has 51 heavy (non-hydrogen) atoms. The number of hydrogen-bond donors (Lipinski definition) is 0. The normalized spacial score (nSPS) is 14.0. The van der Waals surface area contributed by atoms with Crippen molar-refractivity contribution in [3.05, 3.63) is 138 Å². The SMILES string of the molecule is CC(C)c1cc(-c2ccc3[c](c2)[Ge]([CH3])([CH3])[CH2]C3)cc(C(C)C)c1-n1c(-c2cccc3c2oc2cc(-c4ccccc4)ccc23)nc2ccccc21. The Morgan fingerprint density at radius 1 is 0.647 bits per heavy atom. The van der Waals surface area contributed by atoms with Crippen LogP contribution in [0.4, 0.5) is 0 Å². The van der Waals surface area contributed by atoms with E-state index in [4.69, 9.17) is 9.40 Å². The van der Waals surface area contributed by atoms with Crippen molar-refractivity contribution in [1.82, 2.24) is 9.55 Å². The molecule has 3 heterocycles. The molecule has 0 amide bonds. The number of aryl methyl sites for hydroxylation is 1. The summed E-state index contributed by atoms with van der Waals surface area (Å²) >= 11 is -1.97. The minimum absolute atomic E-state index is 0.299. The van der Waals surface area contributed by atoms with Crippen LogP contribution >= 0.6 is 0 Å². The molecule has 0 N–H and O–H groups in total. The van der Waals surface area contributed by atoms with E-state index in [1.165, 1.54) is 45.2 Å². The van der Waals surface area contributed by atoms with Gasteiger partial charge < -0.3 is 0 Å². The summed E-state index contributed by atoms with van der Waals surface area (Å²) in [5.74, 6) is 6.66. The van der Waals surface area contributed by atoms with Crippen LogP contribution in [0, 0.1) is 0 Å². The molecule has 3 nitrogen and oxygen atoms in total. The van der Waals surface area contributed by atoms with Crippen LogP contribution in [0.3, 0.4) is 0 Å². The summed E-state index contributed by atoms with van der Waals surface area (Å²) in [6.07, 6.45) is 1.25. The topological polar surface area (TPSA) is 31.0 Å². The van der Waals surface area contributed by atoms with E-state index in [1.54, 1.807) is 9.96 Å². The van der Waals surface area contributed by atoms with Crippen LogP contribution in [0.15, 0.2) is 126 Å². The van der Waals surface area contributed by atoms with Crippen molar-refractivity contribution < 1.29 is 4.42 Å². The summed E-state index contributed by atoms with van der Waals surface area (Å²) < 4.78 is 10.9. The summed E-state index contributed by atoms with van der Waals surface area (Å²) in [5.41, 5.74) is 15.3. The molecule has 0 unspecified atom stereocenters. The number of para-hydroxylation sites is 3. The minimum atomic E-state index is -1.97. The van der Waals surface area contributed by atoms with E-state index in [0.717, 1.165) is 49.9 Å². The standard InChI is InChI=1S/C47H44GeN2O/c1-29(2)39-25-35(33-20-19-32-23-24-48(5,6)41(32)27-33)26-40(30(3)4)45(39)50-43-18-11-10-17-42(43)49-47(50)38-16-12-15-37-36-22-21-34(28-44(36)51-46(37)38)31-13-8-7-9-14-31/h7-22,25-30H,23-24H2,1-6H3. The zero-order chi connectivity index (χ0) is 35.0. The number of rotatable bonds is 6. The molecular formula is C47H44GeN2O. The van der Waals surface area contributed by atoms with Crippen molar-refractivity contribution in [2.75, 3.05) is 0 Å². The predicted molar refractivity (Wildman–Crippen MR) is 218 cm³/mol. The van der Waals surface area contributed by atoms with E-state index in [-0.39, 0.29) is 0 Å². The quantitative estimate of drug-likeness (QED) is 0.160. The Hall–Kier alpha value is -4.87. The van der Waals surface area contributed by atoms with Crippen LogP contribution in [-0.2, 0) is 6.42 Å². The van der Waals surface area contributed by atoms with Crippen LogP contribution in [0.1, 0.15) is 56.2 Å². The van der Waals surface area contributed by atoms with Gasteiger partial charge in [0.05, 0.1) is 0 Å². The summed E-state index contributed by atoms with van der Waals surface area (Å²) in [7, 11) is 0. The Labute approximate surface area is 303 Å². The zero-order valence-corrected chi connectivity index (χ0v) is 32.5. The number of aromatic nitrogens is 2. The molecule has 0 radical (unpaired) electrons. The molecule has 1 aliphatic heterocycles. The predicted octanol–water partition coefficient (Wildman–Crippen LogP) is 12.6. The molecule has 0 fully saturated rings. The van der Waals surface area contributed by atoms with Gasteiger partial charge in [-0.25, -0.2) is 0 Å². The maximum atomic E-state index is 6.82. The van der Waals surface area contributed by atoms with Gasteiger partial charge in [-0.3, -0.25) is 0 Å². The average molecular weight is 725 g/mol. The second-order valence-corrected chi connectivity index (χ2v) is 25.8. The maximum absolute atomic E-state index is 6.82. The number of imidazole rings is 1. The molecule has 0 spiro atoms. The van der Waals surface area contributed by atoms with Gasteiger partial charge in [0.1, 0.15) is 5.58 Å². The van der Waals surface area contributed by atoms with Gasteiger partial charge in [-0.1, -0.05) is 42.5 Å². The third kappa shape index (κ3) is 5.28. The summed E-state index contributed by atoms with van der Waals surface area (Å²) in [6, 6.07) is 44.4. The second kappa shape index (κ2) is 12.1. The van der Waals surface area contributed by atoms with Gasteiger partial charge in [0, 0.05) is 5.39 Å². The Morgan fingerprint density at radius 2 is 1.35 bits per heavy atom. The molecule has 1 aliphatic rings. The molecular weight excluding hydrogens is 681 g/mol. The van der Waals surface area contributed by atoms with Crippen molar-refractivity contribution in [1.29, 1.82) is 0 Å². The fourth-order valence-corrected chi connectivity index (χ4v) is 14.2. The molecule has 0 saturated carbocycles. The first-order valence-electron chi connectivity index (χ1n) is 18.5. The summed E-state index contributed by atoms with van der Waals surface area (Å²) in [5, 5.41) is 3.62. The first kappa shape index (κ1) is 32.1. The van der Waals surface area contributed by atoms with Crippen molar-refractivity contribution in [2.24, 2.45) is 0 Å². The van der Waals surface area contributed by atoms with Crippen LogP contribution < -0.4 is 4.40 Å². The monoisotopic (exact) mass is 726 g/mol. The van der Waals surface area contributed by atoms with Gasteiger partial charge in [0.15, 0.2) is 0 Å². The molecule has 0 bridgehead atoms. The van der Waals surface area contributed by atoms with Crippen LogP contribution in [0.25, 0.3) is 72.3 Å². The first-order chi connectivity index (χ1) is 24.7. The molecule has 252 valence electrons. The van der Waals surface area contributed by atoms with Gasteiger partial charge in [-0.2, -0.15) is 0 Å². The molecule has 4 heteroatoms. The summed E-state index contributed by atoms with van der Waals surface area (Å²) in [4.78, 5) is 5.39. The zero-order valence-electron chi connectivity index (χ0n) is 30.4. The number of fused-ring (bicyclic) bond motifs is 5. The number of hydrogen-bond acceptors (Lipinski definition) is 2. The number of nitrogens with zero attached hydrogens (tertiary/aromatic N) is 2. The summed E-state index contributed by atoms with van der Waals surface area (Å²) in [6.45, 7) is 9.32. The van der Waals surface area contributed by atoms with Crippen molar-refractivity contribution >= 4 is 50.6 Å². The van der Waals surface area contributed by atoms with Gasteiger partial charge >= 0.3 is 228 Å². The molecule has 0 saturated heterocycles. The Balaban J connectivity index is 1.29. The van der Waals surface area contributed by atoms with Crippen LogP contribution in [0.5, 0.6) is 0 Å². The van der Waals surface area contributed by atoms with E-state index in [1.807, 2.05) is 0 Å². The number of furan rings is 1. The van der Waals surface area contributed by atoms with Gasteiger partial charge in [0.2, 0.25) is 0 Å². The van der Waals surface area contributed by atoms with Gasteiger partial charge in [-0.05, 0) is 23.3 Å². The van der Waals surface area contributed by atoms with Gasteiger partial charge in [-0.15, -0.1) is 0 Å². The molecule has 9 rings (SSSR count). The molecule has 0 aliphatic carbocycles. The molecule has 8 aromatic rings. The first-order valence-corrected chi connectivity index (χ1v) is 25.2. The third-order valence-electron chi connectivity index (χ3n) is 11.2. The van der Waals surface area contributed by atoms with E-state index in [9.17, 15) is 0 Å². The Bertz CT molecular complexity index is 2590. The van der Waals surface area contributed by atoms with E-state index < -0.39 is 13.3 Å². The Morgan fingerprint density at radius 3 is 2.12 bits per heavy atom. The van der Waals surface area contributed by atoms with Gasteiger partial charge in [0.25, 0.3) is 0 Å². The van der Waals surface area contributed by atoms with E-state index in [0.29, 0.717) is 11.8 Å². The van der Waals surface area contributed by atoms with Crippen molar-refractivity contribution in [3.8, 4) is 39.3 Å². The Kier molecular flexibility index (Phi) is 7.63.